The van der Waals surface area contributed by atoms with Crippen LogP contribution in [0.1, 0.15) is 58.8 Å². The molecule has 0 amide bonds. The zero-order valence-electron chi connectivity index (χ0n) is 15.4. The van der Waals surface area contributed by atoms with Gasteiger partial charge in [-0.2, -0.15) is 13.2 Å². The summed E-state index contributed by atoms with van der Waals surface area (Å²) in [6, 6.07) is 0. The first-order valence-corrected chi connectivity index (χ1v) is 10.8. The molecule has 2 aliphatic carbocycles. The van der Waals surface area contributed by atoms with Crippen molar-refractivity contribution in [2.45, 2.75) is 65.0 Å². The lowest BCUT2D eigenvalue weighted by molar-refractivity contribution is -0.185. The summed E-state index contributed by atoms with van der Waals surface area (Å²) in [6.07, 6.45) is 2.87. The van der Waals surface area contributed by atoms with Gasteiger partial charge in [0.1, 0.15) is 0 Å². The van der Waals surface area contributed by atoms with Gasteiger partial charge < -0.3 is 4.90 Å². The van der Waals surface area contributed by atoms with Crippen molar-refractivity contribution >= 4 is 15.9 Å². The van der Waals surface area contributed by atoms with E-state index in [2.05, 4.69) is 39.7 Å². The van der Waals surface area contributed by atoms with E-state index in [1.807, 2.05) is 0 Å². The molecule has 0 aromatic heterocycles. The highest BCUT2D eigenvalue weighted by atomic mass is 79.9. The van der Waals surface area contributed by atoms with Crippen molar-refractivity contribution in [1.82, 2.24) is 4.90 Å². The van der Waals surface area contributed by atoms with Gasteiger partial charge in [0.25, 0.3) is 0 Å². The molecule has 3 aliphatic rings. The SMILES string of the molecule is CC(CN1CCC(C(F)(F)F)CC1)[C@H]1CC[C@@H]2/C(=C/Br)CCC[C@@]21C. The Hall–Kier alpha value is -0.0300. The van der Waals surface area contributed by atoms with Crippen molar-refractivity contribution in [1.29, 1.82) is 0 Å². The van der Waals surface area contributed by atoms with Crippen LogP contribution in [0.3, 0.4) is 0 Å². The normalized spacial score (nSPS) is 38.1. The second-order valence-corrected chi connectivity index (χ2v) is 9.33. The number of nitrogens with zero attached hydrogens (tertiary/aromatic N) is 1. The van der Waals surface area contributed by atoms with Crippen LogP contribution in [0.2, 0.25) is 0 Å². The summed E-state index contributed by atoms with van der Waals surface area (Å²) in [6.45, 7) is 6.98. The molecule has 0 radical (unpaired) electrons. The van der Waals surface area contributed by atoms with Gasteiger partial charge in [0.05, 0.1) is 5.92 Å². The van der Waals surface area contributed by atoms with Gasteiger partial charge in [-0.1, -0.05) is 35.4 Å². The molecule has 0 N–H and O–H groups in total. The Morgan fingerprint density at radius 1 is 1.24 bits per heavy atom. The maximum atomic E-state index is 12.9. The van der Waals surface area contributed by atoms with Gasteiger partial charge in [-0.15, -0.1) is 0 Å². The standard InChI is InChI=1S/C20H31BrF3N/c1-14(13-25-10-7-16(8-11-25)20(22,23)24)17-5-6-18-15(12-21)4-3-9-19(17,18)2/h12,14,16-18H,3-11,13H2,1-2H3/b15-12+/t14?,17-,18-,19-/m1/s1. The molecule has 3 rings (SSSR count). The van der Waals surface area contributed by atoms with Gasteiger partial charge in [-0.05, 0) is 86.2 Å². The van der Waals surface area contributed by atoms with Crippen molar-refractivity contribution in [2.75, 3.05) is 19.6 Å². The predicted molar refractivity (Wildman–Crippen MR) is 99.6 cm³/mol. The smallest absolute Gasteiger partial charge is 0.303 e. The van der Waals surface area contributed by atoms with Crippen molar-refractivity contribution < 1.29 is 13.2 Å². The second-order valence-electron chi connectivity index (χ2n) is 8.87. The van der Waals surface area contributed by atoms with Gasteiger partial charge in [0.15, 0.2) is 0 Å². The molecule has 0 aromatic carbocycles. The lowest BCUT2D eigenvalue weighted by Crippen LogP contribution is -2.43. The molecule has 0 aromatic rings. The van der Waals surface area contributed by atoms with Crippen LogP contribution in [-0.4, -0.2) is 30.7 Å². The van der Waals surface area contributed by atoms with Crippen molar-refractivity contribution in [3.05, 3.63) is 10.6 Å². The minimum absolute atomic E-state index is 0.275. The minimum atomic E-state index is -4.01. The lowest BCUT2D eigenvalue weighted by atomic mass is 9.61. The summed E-state index contributed by atoms with van der Waals surface area (Å²) in [4.78, 5) is 4.44. The molecule has 4 atom stereocenters. The Balaban J connectivity index is 1.58. The summed E-state index contributed by atoms with van der Waals surface area (Å²) in [5, 5.41) is 0. The van der Waals surface area contributed by atoms with Crippen LogP contribution in [0.25, 0.3) is 0 Å². The van der Waals surface area contributed by atoms with E-state index in [0.29, 0.717) is 36.3 Å². The zero-order chi connectivity index (χ0) is 18.2. The van der Waals surface area contributed by atoms with E-state index in [1.54, 1.807) is 5.57 Å². The number of likely N-dealkylation sites (tertiary alicyclic amines) is 1. The Morgan fingerprint density at radius 3 is 2.52 bits per heavy atom. The Kier molecular flexibility index (Phi) is 5.94. The monoisotopic (exact) mass is 421 g/mol. The van der Waals surface area contributed by atoms with Crippen LogP contribution in [0.15, 0.2) is 10.6 Å². The van der Waals surface area contributed by atoms with Crippen LogP contribution < -0.4 is 0 Å². The van der Waals surface area contributed by atoms with E-state index in [-0.39, 0.29) is 12.8 Å². The molecule has 1 aliphatic heterocycles. The van der Waals surface area contributed by atoms with Crippen LogP contribution in [0, 0.1) is 29.1 Å². The third-order valence-corrected chi connectivity index (χ3v) is 8.05. The summed E-state index contributed by atoms with van der Waals surface area (Å²) >= 11 is 3.57. The highest BCUT2D eigenvalue weighted by molar-refractivity contribution is 9.11. The molecule has 1 saturated heterocycles. The van der Waals surface area contributed by atoms with Crippen molar-refractivity contribution in [3.8, 4) is 0 Å². The van der Waals surface area contributed by atoms with E-state index in [0.717, 1.165) is 6.54 Å². The number of halogens is 4. The molecule has 3 fully saturated rings. The number of hydrogen-bond donors (Lipinski definition) is 0. The molecule has 5 heteroatoms. The number of hydrogen-bond acceptors (Lipinski definition) is 1. The Morgan fingerprint density at radius 2 is 1.92 bits per heavy atom. The first kappa shape index (κ1) is 19.7. The van der Waals surface area contributed by atoms with E-state index in [1.165, 1.54) is 32.1 Å². The average molecular weight is 422 g/mol. The average Bonchev–Trinajstić information content (AvgIpc) is 2.91. The fraction of sp³-hybridized carbons (Fsp3) is 0.900. The van der Waals surface area contributed by atoms with Crippen molar-refractivity contribution in [2.24, 2.45) is 29.1 Å². The largest absolute Gasteiger partial charge is 0.391 e. The summed E-state index contributed by atoms with van der Waals surface area (Å²) in [5.41, 5.74) is 1.95. The number of fused-ring (bicyclic) bond motifs is 1. The van der Waals surface area contributed by atoms with Crippen LogP contribution in [-0.2, 0) is 0 Å². The molecule has 0 spiro atoms. The quantitative estimate of drug-likeness (QED) is 0.509. The predicted octanol–water partition coefficient (Wildman–Crippen LogP) is 6.39. The minimum Gasteiger partial charge on any atom is -0.303 e. The molecule has 1 unspecified atom stereocenters. The van der Waals surface area contributed by atoms with Gasteiger partial charge in [-0.25, -0.2) is 0 Å². The molecule has 0 bridgehead atoms. The first-order valence-electron chi connectivity index (χ1n) is 9.84. The summed E-state index contributed by atoms with van der Waals surface area (Å²) in [5.74, 6) is 0.870. The van der Waals surface area contributed by atoms with E-state index < -0.39 is 12.1 Å². The molecule has 1 nitrogen and oxygen atoms in total. The van der Waals surface area contributed by atoms with Gasteiger partial charge in [0, 0.05) is 6.54 Å². The van der Waals surface area contributed by atoms with Gasteiger partial charge >= 0.3 is 6.18 Å². The fourth-order valence-corrected chi connectivity index (χ4v) is 6.67. The maximum Gasteiger partial charge on any atom is 0.391 e. The van der Waals surface area contributed by atoms with Gasteiger partial charge in [0.2, 0.25) is 0 Å². The molecular formula is C20H31BrF3N. The molecular weight excluding hydrogens is 391 g/mol. The maximum absolute atomic E-state index is 12.9. The number of allylic oxidation sites excluding steroid dienone is 1. The van der Waals surface area contributed by atoms with Crippen LogP contribution in [0.5, 0.6) is 0 Å². The third-order valence-electron chi connectivity index (χ3n) is 7.46. The number of piperidine rings is 1. The lowest BCUT2D eigenvalue weighted by Gasteiger charge is -2.45. The third kappa shape index (κ3) is 3.97. The Bertz CT molecular complexity index is 496. The summed E-state index contributed by atoms with van der Waals surface area (Å²) in [7, 11) is 0. The number of rotatable bonds is 3. The zero-order valence-corrected chi connectivity index (χ0v) is 17.0. The van der Waals surface area contributed by atoms with E-state index in [4.69, 9.17) is 0 Å². The first-order chi connectivity index (χ1) is 11.8. The molecule has 2 saturated carbocycles. The van der Waals surface area contributed by atoms with E-state index in [9.17, 15) is 13.2 Å². The topological polar surface area (TPSA) is 3.24 Å². The van der Waals surface area contributed by atoms with Crippen molar-refractivity contribution in [3.63, 3.8) is 0 Å². The number of alkyl halides is 3. The fourth-order valence-electron chi connectivity index (χ4n) is 6.12. The van der Waals surface area contributed by atoms with Crippen LogP contribution in [0.4, 0.5) is 13.2 Å². The Labute approximate surface area is 158 Å². The summed E-state index contributed by atoms with van der Waals surface area (Å²) < 4.78 is 38.6. The van der Waals surface area contributed by atoms with E-state index >= 15 is 0 Å². The molecule has 1 heterocycles. The molecule has 25 heavy (non-hydrogen) atoms. The second kappa shape index (κ2) is 7.53. The van der Waals surface area contributed by atoms with Crippen LogP contribution >= 0.6 is 15.9 Å². The highest BCUT2D eigenvalue weighted by Crippen LogP contribution is 2.59. The van der Waals surface area contributed by atoms with Gasteiger partial charge in [-0.3, -0.25) is 0 Å². The highest BCUT2D eigenvalue weighted by Gasteiger charge is 2.51. The molecule has 144 valence electrons.